The van der Waals surface area contributed by atoms with Crippen LogP contribution >= 0.6 is 12.2 Å². The van der Waals surface area contributed by atoms with Crippen LogP contribution in [0.2, 0.25) is 0 Å². The topological polar surface area (TPSA) is 75.4 Å². The summed E-state index contributed by atoms with van der Waals surface area (Å²) in [6, 6.07) is 11.3. The molecule has 0 unspecified atom stereocenters. The molecule has 0 radical (unpaired) electrons. The van der Waals surface area contributed by atoms with Gasteiger partial charge in [0.15, 0.2) is 17.3 Å². The molecule has 1 aromatic heterocycles. The van der Waals surface area contributed by atoms with Gasteiger partial charge in [0.25, 0.3) is 0 Å². The highest BCUT2D eigenvalue weighted by Gasteiger charge is 2.12. The maximum Gasteiger partial charge on any atom is 0.216 e. The fraction of sp³-hybridized carbons (Fsp3) is 0.118. The molecule has 128 valence electrons. The average Bonchev–Trinajstić information content (AvgIpc) is 2.97. The van der Waals surface area contributed by atoms with Crippen LogP contribution in [0.15, 0.2) is 47.6 Å². The fourth-order valence-corrected chi connectivity index (χ4v) is 2.43. The maximum absolute atomic E-state index is 14.0. The van der Waals surface area contributed by atoms with E-state index in [-0.39, 0.29) is 21.9 Å². The zero-order chi connectivity index (χ0) is 17.8. The Morgan fingerprint density at radius 3 is 2.88 bits per heavy atom. The summed E-state index contributed by atoms with van der Waals surface area (Å²) in [5.74, 6) is 0.126. The van der Waals surface area contributed by atoms with E-state index in [1.165, 1.54) is 17.0 Å². The van der Waals surface area contributed by atoms with E-state index in [9.17, 15) is 9.50 Å². The molecule has 0 saturated carbocycles. The third-order valence-corrected chi connectivity index (χ3v) is 3.67. The number of phenolic OH excluding ortho intramolecular Hbond substituents is 1. The number of hydrogen-bond acceptors (Lipinski definition) is 5. The van der Waals surface area contributed by atoms with Crippen LogP contribution in [0.3, 0.4) is 0 Å². The van der Waals surface area contributed by atoms with Gasteiger partial charge in [-0.15, -0.1) is 0 Å². The Hall–Kier alpha value is -3.00. The van der Waals surface area contributed by atoms with E-state index < -0.39 is 5.82 Å². The van der Waals surface area contributed by atoms with Gasteiger partial charge in [0.1, 0.15) is 5.82 Å². The highest BCUT2D eigenvalue weighted by atomic mass is 32.1. The Labute approximate surface area is 148 Å². The molecule has 2 aromatic carbocycles. The lowest BCUT2D eigenvalue weighted by Gasteiger charge is -2.07. The van der Waals surface area contributed by atoms with Gasteiger partial charge in [0, 0.05) is 5.56 Å². The van der Waals surface area contributed by atoms with Crippen LogP contribution in [0.4, 0.5) is 4.39 Å². The summed E-state index contributed by atoms with van der Waals surface area (Å²) in [4.78, 5) is 0. The first-order valence-corrected chi connectivity index (χ1v) is 7.94. The minimum Gasteiger partial charge on any atom is -0.504 e. The van der Waals surface area contributed by atoms with Crippen molar-refractivity contribution in [1.82, 2.24) is 14.9 Å². The molecule has 0 aliphatic rings. The van der Waals surface area contributed by atoms with Crippen LogP contribution in [-0.4, -0.2) is 32.8 Å². The maximum atomic E-state index is 14.0. The molecule has 25 heavy (non-hydrogen) atoms. The number of halogens is 1. The lowest BCUT2D eigenvalue weighted by Crippen LogP contribution is -1.98. The molecule has 8 heteroatoms. The molecule has 0 atom stereocenters. The number of benzene rings is 2. The highest BCUT2D eigenvalue weighted by Crippen LogP contribution is 2.28. The molecular formula is C17H15FN4O2S. The van der Waals surface area contributed by atoms with Crippen molar-refractivity contribution >= 4 is 18.4 Å². The number of aromatic hydroxyl groups is 1. The number of H-pyrrole nitrogens is 1. The van der Waals surface area contributed by atoms with Gasteiger partial charge >= 0.3 is 0 Å². The van der Waals surface area contributed by atoms with Crippen LogP contribution in [0.1, 0.15) is 12.5 Å². The summed E-state index contributed by atoms with van der Waals surface area (Å²) >= 11 is 5.15. The predicted molar refractivity (Wildman–Crippen MR) is 95.1 cm³/mol. The third-order valence-electron chi connectivity index (χ3n) is 3.41. The first-order chi connectivity index (χ1) is 12.1. The van der Waals surface area contributed by atoms with Crippen LogP contribution in [0.5, 0.6) is 11.5 Å². The van der Waals surface area contributed by atoms with Crippen molar-refractivity contribution in [2.45, 2.75) is 6.92 Å². The standard InChI is InChI=1S/C17H15FN4O2S/c1-2-24-14-9-5-6-11(15(14)23)10-19-22-16(20-21-17(22)25)12-7-3-4-8-13(12)18/h3-10,23H,2H2,1H3,(H,21,25)/b19-10+. The monoisotopic (exact) mass is 358 g/mol. The largest absolute Gasteiger partial charge is 0.504 e. The van der Waals surface area contributed by atoms with Crippen LogP contribution < -0.4 is 4.74 Å². The Morgan fingerprint density at radius 1 is 1.32 bits per heavy atom. The summed E-state index contributed by atoms with van der Waals surface area (Å²) in [7, 11) is 0. The minimum absolute atomic E-state index is 0.0319. The molecule has 2 N–H and O–H groups in total. The van der Waals surface area contributed by atoms with E-state index in [0.717, 1.165) is 0 Å². The quantitative estimate of drug-likeness (QED) is 0.538. The number of ether oxygens (including phenoxy) is 1. The van der Waals surface area contributed by atoms with Gasteiger partial charge in [-0.05, 0) is 43.4 Å². The van der Waals surface area contributed by atoms with E-state index in [2.05, 4.69) is 15.3 Å². The van der Waals surface area contributed by atoms with E-state index in [0.29, 0.717) is 17.9 Å². The summed E-state index contributed by atoms with van der Waals surface area (Å²) in [6.07, 6.45) is 1.41. The van der Waals surface area contributed by atoms with Crippen LogP contribution in [0.25, 0.3) is 11.4 Å². The Bertz CT molecular complexity index is 981. The Kier molecular flexibility index (Phi) is 4.90. The lowest BCUT2D eigenvalue weighted by atomic mass is 10.2. The third kappa shape index (κ3) is 3.43. The zero-order valence-corrected chi connectivity index (χ0v) is 14.1. The average molecular weight is 358 g/mol. The van der Waals surface area contributed by atoms with Crippen LogP contribution in [0, 0.1) is 10.6 Å². The minimum atomic E-state index is -0.436. The van der Waals surface area contributed by atoms with E-state index in [1.807, 2.05) is 6.92 Å². The van der Waals surface area contributed by atoms with Gasteiger partial charge in [0.05, 0.1) is 18.4 Å². The second kappa shape index (κ2) is 7.27. The van der Waals surface area contributed by atoms with Crippen LogP contribution in [-0.2, 0) is 0 Å². The van der Waals surface area contributed by atoms with Crippen molar-refractivity contribution in [3.63, 3.8) is 0 Å². The number of rotatable bonds is 5. The van der Waals surface area contributed by atoms with Crippen molar-refractivity contribution in [3.8, 4) is 22.9 Å². The number of hydrogen-bond donors (Lipinski definition) is 2. The summed E-state index contributed by atoms with van der Waals surface area (Å²) in [6.45, 7) is 2.25. The molecule has 0 saturated heterocycles. The smallest absolute Gasteiger partial charge is 0.216 e. The molecule has 0 amide bonds. The molecule has 6 nitrogen and oxygen atoms in total. The number of nitrogens with one attached hydrogen (secondary N) is 1. The summed E-state index contributed by atoms with van der Waals surface area (Å²) in [5, 5.41) is 21.1. The van der Waals surface area contributed by atoms with Gasteiger partial charge in [-0.1, -0.05) is 18.2 Å². The second-order valence-electron chi connectivity index (χ2n) is 5.02. The van der Waals surface area contributed by atoms with Crippen molar-refractivity contribution in [2.75, 3.05) is 6.61 Å². The molecule has 0 aliphatic carbocycles. The van der Waals surface area contributed by atoms with E-state index >= 15 is 0 Å². The SMILES string of the molecule is CCOc1cccc(/C=N/n2c(-c3ccccc3F)n[nH]c2=S)c1O. The molecule has 0 fully saturated rings. The fourth-order valence-electron chi connectivity index (χ4n) is 2.25. The number of nitrogens with zero attached hydrogens (tertiary/aromatic N) is 3. The van der Waals surface area contributed by atoms with Crippen molar-refractivity contribution in [3.05, 3.63) is 58.6 Å². The lowest BCUT2D eigenvalue weighted by molar-refractivity contribution is 0.318. The number of aromatic nitrogens is 3. The Balaban J connectivity index is 2.01. The molecule has 1 heterocycles. The molecule has 0 aliphatic heterocycles. The number of aromatic amines is 1. The van der Waals surface area contributed by atoms with E-state index in [1.54, 1.807) is 36.4 Å². The van der Waals surface area contributed by atoms with Gasteiger partial charge in [0.2, 0.25) is 4.77 Å². The second-order valence-corrected chi connectivity index (χ2v) is 5.40. The van der Waals surface area contributed by atoms with Gasteiger partial charge in [-0.2, -0.15) is 14.9 Å². The predicted octanol–water partition coefficient (Wildman–Crippen LogP) is 3.73. The normalized spacial score (nSPS) is 11.1. The van der Waals surface area contributed by atoms with Crippen molar-refractivity contribution < 1.29 is 14.2 Å². The van der Waals surface area contributed by atoms with E-state index in [4.69, 9.17) is 17.0 Å². The number of phenols is 1. The molecule has 0 spiro atoms. The van der Waals surface area contributed by atoms with Gasteiger partial charge in [-0.3, -0.25) is 0 Å². The highest BCUT2D eigenvalue weighted by molar-refractivity contribution is 7.71. The van der Waals surface area contributed by atoms with Gasteiger partial charge in [-0.25, -0.2) is 9.49 Å². The summed E-state index contributed by atoms with van der Waals surface area (Å²) < 4.78 is 20.9. The first kappa shape index (κ1) is 16.8. The number of para-hydroxylation sites is 1. The molecule has 3 rings (SSSR count). The molecular weight excluding hydrogens is 343 g/mol. The van der Waals surface area contributed by atoms with Gasteiger partial charge < -0.3 is 9.84 Å². The summed E-state index contributed by atoms with van der Waals surface area (Å²) in [5.41, 5.74) is 0.702. The zero-order valence-electron chi connectivity index (χ0n) is 13.3. The van der Waals surface area contributed by atoms with Crippen molar-refractivity contribution in [1.29, 1.82) is 0 Å². The molecule has 3 aromatic rings. The molecule has 0 bridgehead atoms. The first-order valence-electron chi connectivity index (χ1n) is 7.53. The van der Waals surface area contributed by atoms with Crippen molar-refractivity contribution in [2.24, 2.45) is 5.10 Å². The Morgan fingerprint density at radius 2 is 2.12 bits per heavy atom.